The Morgan fingerprint density at radius 1 is 1.06 bits per heavy atom. The summed E-state index contributed by atoms with van der Waals surface area (Å²) in [5.74, 6) is 0. The maximum atomic E-state index is 6.09. The Morgan fingerprint density at radius 2 is 1.81 bits per heavy atom. The molecule has 0 atom stereocenters. The highest BCUT2D eigenvalue weighted by molar-refractivity contribution is 6.35. The van der Waals surface area contributed by atoms with Gasteiger partial charge in [-0.3, -0.25) is 0 Å². The molecule has 0 unspecified atom stereocenters. The van der Waals surface area contributed by atoms with Crippen molar-refractivity contribution in [2.45, 2.75) is 38.5 Å². The molecular weight excluding hydrogens is 239 g/mol. The van der Waals surface area contributed by atoms with Gasteiger partial charge in [0.1, 0.15) is 0 Å². The van der Waals surface area contributed by atoms with Crippen molar-refractivity contribution in [3.8, 4) is 0 Å². The molecule has 0 nitrogen and oxygen atoms in total. The van der Waals surface area contributed by atoms with Gasteiger partial charge in [-0.1, -0.05) is 48.2 Å². The van der Waals surface area contributed by atoms with Gasteiger partial charge in [-0.2, -0.15) is 0 Å². The number of benzene rings is 1. The highest BCUT2D eigenvalue weighted by Crippen LogP contribution is 2.22. The molecule has 0 aromatic heterocycles. The molecule has 0 aliphatic heterocycles. The van der Waals surface area contributed by atoms with Crippen LogP contribution in [-0.4, -0.2) is 0 Å². The maximum absolute atomic E-state index is 6.09. The monoisotopic (exact) mass is 256 g/mol. The van der Waals surface area contributed by atoms with E-state index < -0.39 is 0 Å². The fourth-order valence-corrected chi connectivity index (χ4v) is 2.19. The number of halogens is 2. The van der Waals surface area contributed by atoms with Gasteiger partial charge >= 0.3 is 0 Å². The minimum Gasteiger partial charge on any atom is -0.103 e. The van der Waals surface area contributed by atoms with Crippen LogP contribution in [0.4, 0.5) is 0 Å². The van der Waals surface area contributed by atoms with Crippen LogP contribution >= 0.6 is 23.2 Å². The van der Waals surface area contributed by atoms with Crippen molar-refractivity contribution in [3.05, 3.63) is 46.5 Å². The van der Waals surface area contributed by atoms with Gasteiger partial charge < -0.3 is 0 Å². The second kappa shape index (κ2) is 7.76. The summed E-state index contributed by atoms with van der Waals surface area (Å²) in [5.41, 5.74) is 1.20. The SMILES string of the molecule is C=CCCCCCCc1ccc(Cl)cc1Cl. The molecule has 0 aliphatic rings. The van der Waals surface area contributed by atoms with Crippen LogP contribution in [-0.2, 0) is 6.42 Å². The molecule has 0 fully saturated rings. The van der Waals surface area contributed by atoms with E-state index in [2.05, 4.69) is 6.58 Å². The minimum absolute atomic E-state index is 0.708. The van der Waals surface area contributed by atoms with Crippen LogP contribution in [0, 0.1) is 0 Å². The second-order valence-corrected chi connectivity index (χ2v) is 4.82. The first-order chi connectivity index (χ1) is 7.74. The topological polar surface area (TPSA) is 0 Å². The lowest BCUT2D eigenvalue weighted by Gasteiger charge is -2.04. The summed E-state index contributed by atoms with van der Waals surface area (Å²) in [6, 6.07) is 5.74. The number of aryl methyl sites for hydroxylation is 1. The van der Waals surface area contributed by atoms with Crippen LogP contribution in [0.5, 0.6) is 0 Å². The Balaban J connectivity index is 2.24. The van der Waals surface area contributed by atoms with Crippen molar-refractivity contribution in [3.63, 3.8) is 0 Å². The van der Waals surface area contributed by atoms with Crippen LogP contribution in [0.1, 0.15) is 37.7 Å². The van der Waals surface area contributed by atoms with Gasteiger partial charge in [0.05, 0.1) is 0 Å². The molecule has 1 rings (SSSR count). The van der Waals surface area contributed by atoms with Crippen molar-refractivity contribution in [2.75, 3.05) is 0 Å². The molecule has 1 aromatic carbocycles. The van der Waals surface area contributed by atoms with E-state index in [1.807, 2.05) is 24.3 Å². The molecule has 0 saturated carbocycles. The quantitative estimate of drug-likeness (QED) is 0.436. The van der Waals surface area contributed by atoms with Crippen LogP contribution in [0.3, 0.4) is 0 Å². The molecule has 0 amide bonds. The second-order valence-electron chi connectivity index (χ2n) is 3.98. The minimum atomic E-state index is 0.708. The van der Waals surface area contributed by atoms with Gasteiger partial charge in [-0.25, -0.2) is 0 Å². The average molecular weight is 257 g/mol. The number of unbranched alkanes of at least 4 members (excludes halogenated alkanes) is 4. The van der Waals surface area contributed by atoms with Gasteiger partial charge in [-0.15, -0.1) is 6.58 Å². The van der Waals surface area contributed by atoms with Gasteiger partial charge in [0.2, 0.25) is 0 Å². The number of rotatable bonds is 7. The van der Waals surface area contributed by atoms with E-state index >= 15 is 0 Å². The molecule has 0 radical (unpaired) electrons. The van der Waals surface area contributed by atoms with Gasteiger partial charge in [0.25, 0.3) is 0 Å². The Labute approximate surface area is 108 Å². The first-order valence-corrected chi connectivity index (χ1v) is 6.54. The molecule has 0 bridgehead atoms. The summed E-state index contributed by atoms with van der Waals surface area (Å²) in [5, 5.41) is 1.50. The summed E-state index contributed by atoms with van der Waals surface area (Å²) >= 11 is 11.9. The number of allylic oxidation sites excluding steroid dienone is 1. The van der Waals surface area contributed by atoms with E-state index in [0.29, 0.717) is 5.02 Å². The third-order valence-electron chi connectivity index (χ3n) is 2.62. The van der Waals surface area contributed by atoms with Crippen molar-refractivity contribution >= 4 is 23.2 Å². The predicted octanol–water partition coefficient (Wildman–Crippen LogP) is 5.67. The third kappa shape index (κ3) is 5.05. The zero-order valence-electron chi connectivity index (χ0n) is 9.52. The highest BCUT2D eigenvalue weighted by atomic mass is 35.5. The van der Waals surface area contributed by atoms with E-state index in [9.17, 15) is 0 Å². The smallest absolute Gasteiger partial charge is 0.0452 e. The lowest BCUT2D eigenvalue weighted by Crippen LogP contribution is -1.87. The zero-order chi connectivity index (χ0) is 11.8. The van der Waals surface area contributed by atoms with E-state index in [0.717, 1.165) is 17.9 Å². The van der Waals surface area contributed by atoms with Gasteiger partial charge in [-0.05, 0) is 43.4 Å². The van der Waals surface area contributed by atoms with Crippen molar-refractivity contribution < 1.29 is 0 Å². The highest BCUT2D eigenvalue weighted by Gasteiger charge is 2.00. The lowest BCUT2D eigenvalue weighted by atomic mass is 10.1. The van der Waals surface area contributed by atoms with Crippen molar-refractivity contribution in [1.29, 1.82) is 0 Å². The molecule has 1 aromatic rings. The molecule has 0 N–H and O–H groups in total. The molecule has 16 heavy (non-hydrogen) atoms. The molecule has 88 valence electrons. The van der Waals surface area contributed by atoms with E-state index in [-0.39, 0.29) is 0 Å². The van der Waals surface area contributed by atoms with E-state index in [1.54, 1.807) is 0 Å². The normalized spacial score (nSPS) is 10.4. The molecular formula is C14H18Cl2. The summed E-state index contributed by atoms with van der Waals surface area (Å²) in [4.78, 5) is 0. The van der Waals surface area contributed by atoms with E-state index in [4.69, 9.17) is 23.2 Å². The van der Waals surface area contributed by atoms with Crippen LogP contribution in [0.2, 0.25) is 10.0 Å². The van der Waals surface area contributed by atoms with Crippen LogP contribution in [0.25, 0.3) is 0 Å². The van der Waals surface area contributed by atoms with Gasteiger partial charge in [0, 0.05) is 10.0 Å². The first-order valence-electron chi connectivity index (χ1n) is 5.79. The Hall–Kier alpha value is -0.460. The van der Waals surface area contributed by atoms with Crippen molar-refractivity contribution in [2.24, 2.45) is 0 Å². The summed E-state index contributed by atoms with van der Waals surface area (Å²) in [6.07, 6.45) is 9.13. The Bertz CT molecular complexity index is 332. The Morgan fingerprint density at radius 3 is 2.50 bits per heavy atom. The number of hydrogen-bond donors (Lipinski definition) is 0. The molecule has 0 aliphatic carbocycles. The predicted molar refractivity (Wildman–Crippen MR) is 73.4 cm³/mol. The molecule has 2 heteroatoms. The largest absolute Gasteiger partial charge is 0.103 e. The molecule has 0 heterocycles. The number of hydrogen-bond acceptors (Lipinski definition) is 0. The maximum Gasteiger partial charge on any atom is 0.0452 e. The summed E-state index contributed by atoms with van der Waals surface area (Å²) in [6.45, 7) is 3.72. The lowest BCUT2D eigenvalue weighted by molar-refractivity contribution is 0.646. The summed E-state index contributed by atoms with van der Waals surface area (Å²) < 4.78 is 0. The van der Waals surface area contributed by atoms with E-state index in [1.165, 1.54) is 31.2 Å². The fourth-order valence-electron chi connectivity index (χ4n) is 1.68. The van der Waals surface area contributed by atoms with Crippen LogP contribution in [0.15, 0.2) is 30.9 Å². The average Bonchev–Trinajstić information content (AvgIpc) is 2.26. The first kappa shape index (κ1) is 13.6. The summed E-state index contributed by atoms with van der Waals surface area (Å²) in [7, 11) is 0. The molecule has 0 saturated heterocycles. The third-order valence-corrected chi connectivity index (χ3v) is 3.21. The Kier molecular flexibility index (Phi) is 6.59. The van der Waals surface area contributed by atoms with Crippen molar-refractivity contribution in [1.82, 2.24) is 0 Å². The van der Waals surface area contributed by atoms with Crippen LogP contribution < -0.4 is 0 Å². The standard InChI is InChI=1S/C14H18Cl2/c1-2-3-4-5-6-7-8-12-9-10-13(15)11-14(12)16/h2,9-11H,1,3-8H2. The zero-order valence-corrected chi connectivity index (χ0v) is 11.0. The fraction of sp³-hybridized carbons (Fsp3) is 0.429. The molecule has 0 spiro atoms. The van der Waals surface area contributed by atoms with Gasteiger partial charge in [0.15, 0.2) is 0 Å².